The Morgan fingerprint density at radius 2 is 2.27 bits per heavy atom. The van der Waals surface area contributed by atoms with E-state index in [1.807, 2.05) is 0 Å². The smallest absolute Gasteiger partial charge is 0.244 e. The van der Waals surface area contributed by atoms with Crippen LogP contribution in [0.3, 0.4) is 0 Å². The van der Waals surface area contributed by atoms with E-state index in [2.05, 4.69) is 10.1 Å². The van der Waals surface area contributed by atoms with Gasteiger partial charge in [-0.3, -0.25) is 4.79 Å². The first-order valence-electron chi connectivity index (χ1n) is 4.76. The summed E-state index contributed by atoms with van der Waals surface area (Å²) in [5.74, 6) is 0.202. The average molecular weight is 211 g/mol. The van der Waals surface area contributed by atoms with Crippen LogP contribution in [-0.4, -0.2) is 51.9 Å². The van der Waals surface area contributed by atoms with Crippen molar-refractivity contribution in [3.8, 4) is 0 Å². The maximum atomic E-state index is 11.7. The second-order valence-corrected chi connectivity index (χ2v) is 3.29. The third-order valence-corrected chi connectivity index (χ3v) is 2.22. The summed E-state index contributed by atoms with van der Waals surface area (Å²) in [6.07, 6.45) is 1.45. The van der Waals surface area contributed by atoms with E-state index >= 15 is 0 Å². The summed E-state index contributed by atoms with van der Waals surface area (Å²) in [6.45, 7) is 2.67. The highest BCUT2D eigenvalue weighted by molar-refractivity contribution is 5.75. The van der Waals surface area contributed by atoms with Gasteiger partial charge in [0.15, 0.2) is 0 Å². The molecular weight excluding hydrogens is 198 g/mol. The lowest BCUT2D eigenvalue weighted by atomic mass is 10.4. The van der Waals surface area contributed by atoms with Gasteiger partial charge in [0.25, 0.3) is 0 Å². The Bertz CT molecular complexity index is 345. The largest absolute Gasteiger partial charge is 0.378 e. The van der Waals surface area contributed by atoms with Gasteiger partial charge in [0.2, 0.25) is 11.9 Å². The molecule has 7 heteroatoms. The van der Waals surface area contributed by atoms with E-state index in [-0.39, 0.29) is 18.4 Å². The molecule has 2 heterocycles. The molecule has 1 aliphatic rings. The predicted octanol–water partition coefficient (Wildman–Crippen LogP) is -1.28. The van der Waals surface area contributed by atoms with E-state index in [4.69, 9.17) is 10.5 Å². The average Bonchev–Trinajstić information content (AvgIpc) is 2.65. The highest BCUT2D eigenvalue weighted by Gasteiger charge is 2.17. The van der Waals surface area contributed by atoms with Crippen molar-refractivity contribution in [3.05, 3.63) is 6.33 Å². The highest BCUT2D eigenvalue weighted by Crippen LogP contribution is 1.99. The third-order valence-electron chi connectivity index (χ3n) is 2.22. The maximum absolute atomic E-state index is 11.7. The van der Waals surface area contributed by atoms with Crippen LogP contribution in [0.2, 0.25) is 0 Å². The van der Waals surface area contributed by atoms with Gasteiger partial charge in [-0.15, -0.1) is 5.10 Å². The van der Waals surface area contributed by atoms with Gasteiger partial charge in [0.05, 0.1) is 13.2 Å². The fourth-order valence-corrected chi connectivity index (χ4v) is 1.44. The highest BCUT2D eigenvalue weighted by atomic mass is 16.5. The van der Waals surface area contributed by atoms with E-state index in [0.29, 0.717) is 26.3 Å². The van der Waals surface area contributed by atoms with Crippen molar-refractivity contribution in [2.75, 3.05) is 32.0 Å². The number of nitrogens with zero attached hydrogens (tertiary/aromatic N) is 4. The molecule has 7 nitrogen and oxygen atoms in total. The van der Waals surface area contributed by atoms with E-state index in [1.165, 1.54) is 11.0 Å². The molecule has 15 heavy (non-hydrogen) atoms. The lowest BCUT2D eigenvalue weighted by molar-refractivity contribution is -0.136. The topological polar surface area (TPSA) is 86.3 Å². The van der Waals surface area contributed by atoms with Crippen LogP contribution in [0.4, 0.5) is 5.95 Å². The van der Waals surface area contributed by atoms with Crippen LogP contribution in [0.25, 0.3) is 0 Å². The summed E-state index contributed by atoms with van der Waals surface area (Å²) in [6, 6.07) is 0. The summed E-state index contributed by atoms with van der Waals surface area (Å²) in [5, 5.41) is 3.85. The number of nitrogen functional groups attached to an aromatic ring is 1. The zero-order chi connectivity index (χ0) is 10.7. The fourth-order valence-electron chi connectivity index (χ4n) is 1.44. The molecule has 1 saturated heterocycles. The van der Waals surface area contributed by atoms with Gasteiger partial charge in [-0.1, -0.05) is 0 Å². The Kier molecular flexibility index (Phi) is 2.82. The SMILES string of the molecule is Nc1ncn(CC(=O)N2CCOCC2)n1. The molecule has 0 atom stereocenters. The third kappa shape index (κ3) is 2.44. The van der Waals surface area contributed by atoms with Crippen LogP contribution in [-0.2, 0) is 16.1 Å². The molecule has 0 saturated carbocycles. The number of hydrogen-bond acceptors (Lipinski definition) is 5. The molecule has 0 aromatic carbocycles. The van der Waals surface area contributed by atoms with Crippen molar-refractivity contribution in [3.63, 3.8) is 0 Å². The van der Waals surface area contributed by atoms with Crippen molar-refractivity contribution < 1.29 is 9.53 Å². The first-order valence-corrected chi connectivity index (χ1v) is 4.76. The molecule has 0 radical (unpaired) electrons. The number of morpholine rings is 1. The van der Waals surface area contributed by atoms with Crippen LogP contribution in [0.1, 0.15) is 0 Å². The standard InChI is InChI=1S/C8H13N5O2/c9-8-10-6-13(11-8)5-7(14)12-1-3-15-4-2-12/h6H,1-5H2,(H2,9,11). The minimum absolute atomic E-state index is 0.0169. The molecule has 82 valence electrons. The van der Waals surface area contributed by atoms with Crippen molar-refractivity contribution >= 4 is 11.9 Å². The summed E-state index contributed by atoms with van der Waals surface area (Å²) >= 11 is 0. The first kappa shape index (κ1) is 9.91. The number of ether oxygens (including phenoxy) is 1. The zero-order valence-electron chi connectivity index (χ0n) is 8.30. The van der Waals surface area contributed by atoms with E-state index in [0.717, 1.165) is 0 Å². The Labute approximate surface area is 86.8 Å². The van der Waals surface area contributed by atoms with Gasteiger partial charge in [0, 0.05) is 13.1 Å². The molecule has 1 aliphatic heterocycles. The van der Waals surface area contributed by atoms with Crippen LogP contribution in [0.15, 0.2) is 6.33 Å². The van der Waals surface area contributed by atoms with Crippen molar-refractivity contribution in [2.45, 2.75) is 6.54 Å². The van der Waals surface area contributed by atoms with E-state index in [1.54, 1.807) is 4.90 Å². The number of amides is 1. The number of carbonyl (C=O) groups is 1. The number of rotatable bonds is 2. The van der Waals surface area contributed by atoms with Gasteiger partial charge in [-0.05, 0) is 0 Å². The normalized spacial score (nSPS) is 16.7. The molecule has 0 aliphatic carbocycles. The molecule has 2 rings (SSSR count). The van der Waals surface area contributed by atoms with Crippen molar-refractivity contribution in [1.29, 1.82) is 0 Å². The minimum Gasteiger partial charge on any atom is -0.378 e. The molecule has 0 unspecified atom stereocenters. The number of hydrogen-bond donors (Lipinski definition) is 1. The summed E-state index contributed by atoms with van der Waals surface area (Å²) in [4.78, 5) is 17.2. The van der Waals surface area contributed by atoms with E-state index < -0.39 is 0 Å². The van der Waals surface area contributed by atoms with Crippen molar-refractivity contribution in [1.82, 2.24) is 19.7 Å². The number of anilines is 1. The Morgan fingerprint density at radius 3 is 2.87 bits per heavy atom. The molecule has 1 aromatic rings. The van der Waals surface area contributed by atoms with Crippen LogP contribution in [0, 0.1) is 0 Å². The molecule has 0 bridgehead atoms. The second-order valence-electron chi connectivity index (χ2n) is 3.29. The number of carbonyl (C=O) groups excluding carboxylic acids is 1. The minimum atomic E-state index is 0.0169. The van der Waals surface area contributed by atoms with Crippen LogP contribution < -0.4 is 5.73 Å². The van der Waals surface area contributed by atoms with Crippen LogP contribution >= 0.6 is 0 Å². The fraction of sp³-hybridized carbons (Fsp3) is 0.625. The Hall–Kier alpha value is -1.63. The number of aromatic nitrogens is 3. The Balaban J connectivity index is 1.91. The summed E-state index contributed by atoms with van der Waals surface area (Å²) < 4.78 is 6.59. The van der Waals surface area contributed by atoms with Gasteiger partial charge in [-0.2, -0.15) is 0 Å². The van der Waals surface area contributed by atoms with E-state index in [9.17, 15) is 4.79 Å². The Morgan fingerprint density at radius 1 is 1.53 bits per heavy atom. The lowest BCUT2D eigenvalue weighted by Gasteiger charge is -2.26. The van der Waals surface area contributed by atoms with Gasteiger partial charge >= 0.3 is 0 Å². The quantitative estimate of drug-likeness (QED) is 0.658. The van der Waals surface area contributed by atoms with Crippen LogP contribution in [0.5, 0.6) is 0 Å². The molecule has 1 aromatic heterocycles. The summed E-state index contributed by atoms with van der Waals surface area (Å²) in [7, 11) is 0. The molecular formula is C8H13N5O2. The first-order chi connectivity index (χ1) is 7.25. The predicted molar refractivity (Wildman–Crippen MR) is 51.8 cm³/mol. The maximum Gasteiger partial charge on any atom is 0.244 e. The summed E-state index contributed by atoms with van der Waals surface area (Å²) in [5.41, 5.74) is 5.34. The molecule has 0 spiro atoms. The number of nitrogens with two attached hydrogens (primary N) is 1. The lowest BCUT2D eigenvalue weighted by Crippen LogP contribution is -2.42. The molecule has 1 fully saturated rings. The van der Waals surface area contributed by atoms with Crippen molar-refractivity contribution in [2.24, 2.45) is 0 Å². The molecule has 2 N–H and O–H groups in total. The second kappa shape index (κ2) is 4.26. The molecule has 1 amide bonds. The van der Waals surface area contributed by atoms with Gasteiger partial charge in [0.1, 0.15) is 12.9 Å². The van der Waals surface area contributed by atoms with Gasteiger partial charge < -0.3 is 15.4 Å². The zero-order valence-corrected chi connectivity index (χ0v) is 8.30. The van der Waals surface area contributed by atoms with Gasteiger partial charge in [-0.25, -0.2) is 9.67 Å². The monoisotopic (exact) mass is 211 g/mol.